The monoisotopic (exact) mass is 202 g/mol. The van der Waals surface area contributed by atoms with Crippen molar-refractivity contribution in [3.05, 3.63) is 0 Å². The number of hydrogen-bond donors (Lipinski definition) is 0. The molecular formula is C11H19FO2. The molecule has 82 valence electrons. The van der Waals surface area contributed by atoms with Gasteiger partial charge >= 0.3 is 5.97 Å². The van der Waals surface area contributed by atoms with Crippen LogP contribution < -0.4 is 0 Å². The van der Waals surface area contributed by atoms with Gasteiger partial charge in [-0.1, -0.05) is 6.92 Å². The van der Waals surface area contributed by atoms with Crippen molar-refractivity contribution in [3.8, 4) is 0 Å². The smallest absolute Gasteiger partial charge is 0.308 e. The summed E-state index contributed by atoms with van der Waals surface area (Å²) in [6.07, 6.45) is 3.65. The zero-order valence-electron chi connectivity index (χ0n) is 8.96. The predicted octanol–water partition coefficient (Wildman–Crippen LogP) is 2.57. The highest BCUT2D eigenvalue weighted by Gasteiger charge is 2.29. The van der Waals surface area contributed by atoms with Gasteiger partial charge in [0.2, 0.25) is 0 Å². The lowest BCUT2D eigenvalue weighted by Gasteiger charge is -2.29. The van der Waals surface area contributed by atoms with E-state index in [0.717, 1.165) is 25.7 Å². The first-order valence-electron chi connectivity index (χ1n) is 5.32. The molecule has 0 aromatic carbocycles. The fraction of sp³-hybridized carbons (Fsp3) is 0.909. The Labute approximate surface area is 84.8 Å². The average Bonchev–Trinajstić information content (AvgIpc) is 2.27. The predicted molar refractivity (Wildman–Crippen MR) is 52.6 cm³/mol. The average molecular weight is 202 g/mol. The van der Waals surface area contributed by atoms with Crippen LogP contribution in [-0.4, -0.2) is 19.8 Å². The molecule has 1 aliphatic rings. The number of carbonyl (C=O) groups excluding carboxylic acids is 1. The molecule has 1 aliphatic carbocycles. The van der Waals surface area contributed by atoms with Crippen molar-refractivity contribution in [1.82, 2.24) is 0 Å². The van der Waals surface area contributed by atoms with E-state index in [-0.39, 0.29) is 24.5 Å². The number of hydrogen-bond acceptors (Lipinski definition) is 2. The Morgan fingerprint density at radius 1 is 1.43 bits per heavy atom. The minimum atomic E-state index is -0.243. The molecule has 1 saturated carbocycles. The summed E-state index contributed by atoms with van der Waals surface area (Å²) in [5, 5.41) is 0. The van der Waals surface area contributed by atoms with E-state index in [1.54, 1.807) is 0 Å². The summed E-state index contributed by atoms with van der Waals surface area (Å²) >= 11 is 0. The highest BCUT2D eigenvalue weighted by molar-refractivity contribution is 5.72. The van der Waals surface area contributed by atoms with Gasteiger partial charge in [0.25, 0.3) is 0 Å². The van der Waals surface area contributed by atoms with Crippen molar-refractivity contribution in [3.63, 3.8) is 0 Å². The van der Waals surface area contributed by atoms with Crippen LogP contribution in [0.5, 0.6) is 0 Å². The molecule has 0 saturated heterocycles. The van der Waals surface area contributed by atoms with E-state index in [9.17, 15) is 9.18 Å². The van der Waals surface area contributed by atoms with Gasteiger partial charge in [0.15, 0.2) is 0 Å². The van der Waals surface area contributed by atoms with E-state index in [1.165, 1.54) is 7.11 Å². The molecule has 2 nitrogen and oxygen atoms in total. The Morgan fingerprint density at radius 3 is 2.43 bits per heavy atom. The molecule has 3 heteroatoms. The lowest BCUT2D eigenvalue weighted by atomic mass is 9.77. The third-order valence-corrected chi connectivity index (χ3v) is 3.35. The zero-order valence-corrected chi connectivity index (χ0v) is 8.96. The molecule has 14 heavy (non-hydrogen) atoms. The third kappa shape index (κ3) is 2.69. The second kappa shape index (κ2) is 5.32. The standard InChI is InChI=1S/C11H19FO2/c1-8(7-12)9-3-5-10(6-4-9)11(13)14-2/h8-10H,3-7H2,1-2H3/t8?,9-,10-. The van der Waals surface area contributed by atoms with Gasteiger partial charge in [-0.3, -0.25) is 9.18 Å². The Bertz CT molecular complexity index is 186. The quantitative estimate of drug-likeness (QED) is 0.657. The molecule has 1 unspecified atom stereocenters. The molecule has 0 radical (unpaired) electrons. The van der Waals surface area contributed by atoms with E-state index in [0.29, 0.717) is 5.92 Å². The lowest BCUT2D eigenvalue weighted by molar-refractivity contribution is -0.147. The highest BCUT2D eigenvalue weighted by atomic mass is 19.1. The van der Waals surface area contributed by atoms with Crippen molar-refractivity contribution in [2.45, 2.75) is 32.6 Å². The minimum absolute atomic E-state index is 0.0584. The van der Waals surface area contributed by atoms with Crippen LogP contribution in [0.15, 0.2) is 0 Å². The summed E-state index contributed by atoms with van der Waals surface area (Å²) in [4.78, 5) is 11.2. The van der Waals surface area contributed by atoms with Crippen LogP contribution in [0.4, 0.5) is 4.39 Å². The Hall–Kier alpha value is -0.600. The van der Waals surface area contributed by atoms with E-state index in [4.69, 9.17) is 4.74 Å². The maximum Gasteiger partial charge on any atom is 0.308 e. The van der Waals surface area contributed by atoms with Crippen molar-refractivity contribution >= 4 is 5.97 Å². The largest absolute Gasteiger partial charge is 0.469 e. The van der Waals surface area contributed by atoms with E-state index in [1.807, 2.05) is 6.92 Å². The molecule has 0 spiro atoms. The second-order valence-electron chi connectivity index (χ2n) is 4.27. The number of alkyl halides is 1. The van der Waals surface area contributed by atoms with Crippen molar-refractivity contribution < 1.29 is 13.9 Å². The van der Waals surface area contributed by atoms with Crippen LogP contribution in [0, 0.1) is 17.8 Å². The van der Waals surface area contributed by atoms with Gasteiger partial charge in [0, 0.05) is 0 Å². The molecule has 0 bridgehead atoms. The first kappa shape index (κ1) is 11.5. The number of carbonyl (C=O) groups is 1. The van der Waals surface area contributed by atoms with Crippen LogP contribution in [0.2, 0.25) is 0 Å². The van der Waals surface area contributed by atoms with Crippen molar-refractivity contribution in [2.24, 2.45) is 17.8 Å². The van der Waals surface area contributed by atoms with Crippen LogP contribution in [0.3, 0.4) is 0 Å². The van der Waals surface area contributed by atoms with Gasteiger partial charge in [-0.15, -0.1) is 0 Å². The topological polar surface area (TPSA) is 26.3 Å². The normalized spacial score (nSPS) is 29.6. The van der Waals surface area contributed by atoms with Gasteiger partial charge < -0.3 is 4.74 Å². The van der Waals surface area contributed by atoms with Crippen molar-refractivity contribution in [1.29, 1.82) is 0 Å². The Kier molecular flexibility index (Phi) is 4.36. The molecule has 0 N–H and O–H groups in total. The molecule has 0 aromatic rings. The molecule has 1 atom stereocenters. The Morgan fingerprint density at radius 2 is 2.00 bits per heavy atom. The number of esters is 1. The maximum atomic E-state index is 12.4. The summed E-state index contributed by atoms with van der Waals surface area (Å²) in [6.45, 7) is 1.71. The van der Waals surface area contributed by atoms with E-state index >= 15 is 0 Å². The summed E-state index contributed by atoms with van der Waals surface area (Å²) in [5.74, 6) is 0.564. The maximum absolute atomic E-state index is 12.4. The van der Waals surface area contributed by atoms with Crippen LogP contribution in [0.1, 0.15) is 32.6 Å². The summed E-state index contributed by atoms with van der Waals surface area (Å²) in [5.41, 5.74) is 0. The minimum Gasteiger partial charge on any atom is -0.469 e. The molecule has 0 heterocycles. The third-order valence-electron chi connectivity index (χ3n) is 3.35. The fourth-order valence-corrected chi connectivity index (χ4v) is 2.22. The Balaban J connectivity index is 2.34. The number of rotatable bonds is 3. The first-order valence-corrected chi connectivity index (χ1v) is 5.32. The SMILES string of the molecule is COC(=O)[C@H]1CC[C@H](C(C)CF)CC1. The van der Waals surface area contributed by atoms with Crippen molar-refractivity contribution in [2.75, 3.05) is 13.8 Å². The van der Waals surface area contributed by atoms with Crippen LogP contribution in [-0.2, 0) is 9.53 Å². The molecular weight excluding hydrogens is 183 g/mol. The first-order chi connectivity index (χ1) is 6.69. The lowest BCUT2D eigenvalue weighted by Crippen LogP contribution is -2.26. The molecule has 0 aliphatic heterocycles. The van der Waals surface area contributed by atoms with Crippen LogP contribution >= 0.6 is 0 Å². The number of halogens is 1. The van der Waals surface area contributed by atoms with Gasteiger partial charge in [-0.25, -0.2) is 0 Å². The van der Waals surface area contributed by atoms with Gasteiger partial charge in [-0.05, 0) is 37.5 Å². The summed E-state index contributed by atoms with van der Waals surface area (Å²) in [6, 6.07) is 0. The van der Waals surface area contributed by atoms with Gasteiger partial charge in [0.05, 0.1) is 19.7 Å². The summed E-state index contributed by atoms with van der Waals surface area (Å²) < 4.78 is 17.1. The summed E-state index contributed by atoms with van der Waals surface area (Å²) in [7, 11) is 1.43. The molecule has 0 aromatic heterocycles. The zero-order chi connectivity index (χ0) is 10.6. The van der Waals surface area contributed by atoms with E-state index in [2.05, 4.69) is 0 Å². The molecule has 1 fully saturated rings. The van der Waals surface area contributed by atoms with Crippen LogP contribution in [0.25, 0.3) is 0 Å². The highest BCUT2D eigenvalue weighted by Crippen LogP contribution is 2.33. The molecule has 1 rings (SSSR count). The van der Waals surface area contributed by atoms with Gasteiger partial charge in [0.1, 0.15) is 0 Å². The van der Waals surface area contributed by atoms with E-state index < -0.39 is 0 Å². The number of ether oxygens (including phenoxy) is 1. The second-order valence-corrected chi connectivity index (χ2v) is 4.27. The fourth-order valence-electron chi connectivity index (χ4n) is 2.22. The molecule has 0 amide bonds. The number of methoxy groups -OCH3 is 1. The van der Waals surface area contributed by atoms with Gasteiger partial charge in [-0.2, -0.15) is 0 Å².